The predicted molar refractivity (Wildman–Crippen MR) is 95.4 cm³/mol. The Bertz CT molecular complexity index is 454. The summed E-state index contributed by atoms with van der Waals surface area (Å²) < 4.78 is 15.9. The van der Waals surface area contributed by atoms with E-state index in [0.29, 0.717) is 23.8 Å². The van der Waals surface area contributed by atoms with Gasteiger partial charge in [0.25, 0.3) is 0 Å². The molecule has 0 aliphatic heterocycles. The van der Waals surface area contributed by atoms with Crippen LogP contribution in [0.4, 0.5) is 0 Å². The fourth-order valence-electron chi connectivity index (χ4n) is 1.86. The lowest BCUT2D eigenvalue weighted by atomic mass is 10.2. The van der Waals surface area contributed by atoms with E-state index in [1.54, 1.807) is 28.4 Å². The molecule has 0 atom stereocenters. The highest BCUT2D eigenvalue weighted by atomic mass is 127. The van der Waals surface area contributed by atoms with E-state index in [4.69, 9.17) is 14.2 Å². The zero-order valence-corrected chi connectivity index (χ0v) is 15.7. The molecule has 1 N–H and O–H groups in total. The largest absolute Gasteiger partial charge is 0.493 e. The van der Waals surface area contributed by atoms with Gasteiger partial charge in [0, 0.05) is 27.7 Å². The van der Waals surface area contributed by atoms with Crippen molar-refractivity contribution in [2.75, 3.05) is 42.5 Å². The molecule has 1 rings (SSSR count). The first kappa shape index (κ1) is 19.6. The van der Waals surface area contributed by atoms with Crippen LogP contribution in [0.5, 0.6) is 17.2 Å². The highest BCUT2D eigenvalue weighted by Gasteiger charge is 2.13. The minimum atomic E-state index is 0. The number of guanidine groups is 1. The molecule has 7 heteroatoms. The zero-order chi connectivity index (χ0) is 15.1. The van der Waals surface area contributed by atoms with Crippen molar-refractivity contribution in [1.29, 1.82) is 0 Å². The highest BCUT2D eigenvalue weighted by Crippen LogP contribution is 2.38. The number of halogens is 1. The number of nitrogens with one attached hydrogen (secondary N) is 1. The van der Waals surface area contributed by atoms with Crippen LogP contribution in [0.15, 0.2) is 17.1 Å². The van der Waals surface area contributed by atoms with Crippen LogP contribution >= 0.6 is 24.0 Å². The summed E-state index contributed by atoms with van der Waals surface area (Å²) in [5, 5.41) is 3.25. The quantitative estimate of drug-likeness (QED) is 0.458. The number of methoxy groups -OCH3 is 3. The maximum atomic E-state index is 5.33. The Hall–Kier alpha value is -1.38. The van der Waals surface area contributed by atoms with E-state index in [1.807, 2.05) is 31.1 Å². The lowest BCUT2D eigenvalue weighted by molar-refractivity contribution is 0.323. The molecule has 0 amide bonds. The van der Waals surface area contributed by atoms with Crippen molar-refractivity contribution in [3.63, 3.8) is 0 Å². The number of rotatable bonds is 5. The van der Waals surface area contributed by atoms with Crippen molar-refractivity contribution in [1.82, 2.24) is 10.2 Å². The van der Waals surface area contributed by atoms with Crippen molar-refractivity contribution in [3.8, 4) is 17.2 Å². The Morgan fingerprint density at radius 3 is 1.95 bits per heavy atom. The molecule has 0 unspecified atom stereocenters. The Labute approximate surface area is 143 Å². The minimum absolute atomic E-state index is 0. The maximum absolute atomic E-state index is 5.33. The van der Waals surface area contributed by atoms with Crippen molar-refractivity contribution in [3.05, 3.63) is 17.7 Å². The van der Waals surface area contributed by atoms with Gasteiger partial charge >= 0.3 is 0 Å². The molecule has 0 heterocycles. The molecule has 120 valence electrons. The number of hydrogen-bond donors (Lipinski definition) is 1. The average Bonchev–Trinajstić information content (AvgIpc) is 2.46. The monoisotopic (exact) mass is 409 g/mol. The minimum Gasteiger partial charge on any atom is -0.493 e. The fourth-order valence-corrected chi connectivity index (χ4v) is 1.86. The van der Waals surface area contributed by atoms with Crippen LogP contribution in [0.2, 0.25) is 0 Å². The van der Waals surface area contributed by atoms with E-state index >= 15 is 0 Å². The number of aliphatic imine (C=N–C) groups is 1. The van der Waals surface area contributed by atoms with Gasteiger partial charge < -0.3 is 24.4 Å². The Balaban J connectivity index is 0.00000400. The molecule has 0 aliphatic carbocycles. The molecule has 0 aliphatic rings. The summed E-state index contributed by atoms with van der Waals surface area (Å²) >= 11 is 0. The first-order valence-electron chi connectivity index (χ1n) is 6.24. The Kier molecular flexibility index (Phi) is 8.91. The van der Waals surface area contributed by atoms with Crippen LogP contribution in [-0.2, 0) is 6.54 Å². The van der Waals surface area contributed by atoms with Gasteiger partial charge in [-0.2, -0.15) is 0 Å². The molecule has 1 aromatic rings. The summed E-state index contributed by atoms with van der Waals surface area (Å²) in [6, 6.07) is 3.83. The summed E-state index contributed by atoms with van der Waals surface area (Å²) in [5.74, 6) is 2.68. The van der Waals surface area contributed by atoms with E-state index in [-0.39, 0.29) is 24.0 Å². The second-order valence-electron chi connectivity index (χ2n) is 4.33. The van der Waals surface area contributed by atoms with Crippen LogP contribution in [0, 0.1) is 0 Å². The number of benzene rings is 1. The van der Waals surface area contributed by atoms with E-state index in [1.165, 1.54) is 0 Å². The van der Waals surface area contributed by atoms with Gasteiger partial charge in [0.15, 0.2) is 17.5 Å². The third-order valence-electron chi connectivity index (χ3n) is 2.81. The predicted octanol–water partition coefficient (Wildman–Crippen LogP) is 1.97. The fraction of sp³-hybridized carbons (Fsp3) is 0.500. The second kappa shape index (κ2) is 9.54. The molecular weight excluding hydrogens is 385 g/mol. The topological polar surface area (TPSA) is 55.3 Å². The van der Waals surface area contributed by atoms with Gasteiger partial charge in [0.1, 0.15) is 0 Å². The number of hydrogen-bond acceptors (Lipinski definition) is 4. The summed E-state index contributed by atoms with van der Waals surface area (Å²) in [7, 11) is 10.4. The normalized spacial score (nSPS) is 10.5. The van der Waals surface area contributed by atoms with E-state index in [9.17, 15) is 0 Å². The summed E-state index contributed by atoms with van der Waals surface area (Å²) in [5.41, 5.74) is 1.02. The smallest absolute Gasteiger partial charge is 0.203 e. The van der Waals surface area contributed by atoms with E-state index in [2.05, 4.69) is 10.3 Å². The number of nitrogens with zero attached hydrogens (tertiary/aromatic N) is 2. The summed E-state index contributed by atoms with van der Waals surface area (Å²) in [6.45, 7) is 0.613. The van der Waals surface area contributed by atoms with Crippen LogP contribution < -0.4 is 19.5 Å². The standard InChI is InChI=1S/C14H23N3O3.HI/c1-15-14(17(2)3)16-9-10-7-11(18-4)13(20-6)12(8-10)19-5;/h7-8H,9H2,1-6H3,(H,15,16);1H. The van der Waals surface area contributed by atoms with Gasteiger partial charge in [-0.25, -0.2) is 0 Å². The third-order valence-corrected chi connectivity index (χ3v) is 2.81. The van der Waals surface area contributed by atoms with Crippen LogP contribution in [0.1, 0.15) is 5.56 Å². The second-order valence-corrected chi connectivity index (χ2v) is 4.33. The zero-order valence-electron chi connectivity index (χ0n) is 13.4. The van der Waals surface area contributed by atoms with Gasteiger partial charge in [0.05, 0.1) is 21.3 Å². The molecule has 0 radical (unpaired) electrons. The molecule has 0 saturated carbocycles. The first-order chi connectivity index (χ1) is 9.57. The molecular formula is C14H24IN3O3. The van der Waals surface area contributed by atoms with Crippen LogP contribution in [-0.4, -0.2) is 53.3 Å². The van der Waals surface area contributed by atoms with Gasteiger partial charge in [-0.3, -0.25) is 4.99 Å². The van der Waals surface area contributed by atoms with Crippen LogP contribution in [0.3, 0.4) is 0 Å². The van der Waals surface area contributed by atoms with Crippen molar-refractivity contribution in [2.24, 2.45) is 4.99 Å². The molecule has 1 aromatic carbocycles. The lowest BCUT2D eigenvalue weighted by Gasteiger charge is -2.18. The number of ether oxygens (including phenoxy) is 3. The molecule has 0 saturated heterocycles. The Morgan fingerprint density at radius 1 is 1.10 bits per heavy atom. The molecule has 21 heavy (non-hydrogen) atoms. The van der Waals surface area contributed by atoms with E-state index < -0.39 is 0 Å². The highest BCUT2D eigenvalue weighted by molar-refractivity contribution is 14.0. The Morgan fingerprint density at radius 2 is 1.62 bits per heavy atom. The molecule has 0 spiro atoms. The molecule has 0 aromatic heterocycles. The van der Waals surface area contributed by atoms with Gasteiger partial charge in [0.2, 0.25) is 5.75 Å². The van der Waals surface area contributed by atoms with Crippen molar-refractivity contribution in [2.45, 2.75) is 6.54 Å². The summed E-state index contributed by atoms with van der Waals surface area (Å²) in [4.78, 5) is 6.08. The van der Waals surface area contributed by atoms with Gasteiger partial charge in [-0.05, 0) is 17.7 Å². The lowest BCUT2D eigenvalue weighted by Crippen LogP contribution is -2.35. The van der Waals surface area contributed by atoms with Crippen LogP contribution in [0.25, 0.3) is 0 Å². The summed E-state index contributed by atoms with van der Waals surface area (Å²) in [6.07, 6.45) is 0. The SMILES string of the molecule is CN=C(NCc1cc(OC)c(OC)c(OC)c1)N(C)C.I. The van der Waals surface area contributed by atoms with Crippen molar-refractivity contribution < 1.29 is 14.2 Å². The van der Waals surface area contributed by atoms with Gasteiger partial charge in [-0.1, -0.05) is 0 Å². The van der Waals surface area contributed by atoms with Gasteiger partial charge in [-0.15, -0.1) is 24.0 Å². The first-order valence-corrected chi connectivity index (χ1v) is 6.24. The molecule has 6 nitrogen and oxygen atoms in total. The van der Waals surface area contributed by atoms with Crippen molar-refractivity contribution >= 4 is 29.9 Å². The average molecular weight is 409 g/mol. The van der Waals surface area contributed by atoms with E-state index in [0.717, 1.165) is 11.5 Å². The molecule has 0 fully saturated rings. The maximum Gasteiger partial charge on any atom is 0.203 e. The third kappa shape index (κ3) is 5.14. The molecule has 0 bridgehead atoms.